The van der Waals surface area contributed by atoms with Crippen molar-refractivity contribution in [3.8, 4) is 0 Å². The normalized spacial score (nSPS) is 23.7. The molecule has 0 aromatic heterocycles. The summed E-state index contributed by atoms with van der Waals surface area (Å²) in [5.74, 6) is -3.73. The summed E-state index contributed by atoms with van der Waals surface area (Å²) in [4.78, 5) is 23.8. The number of hydrogen-bond donors (Lipinski definition) is 2. The molecule has 1 saturated carbocycles. The van der Waals surface area contributed by atoms with E-state index < -0.39 is 35.9 Å². The molecule has 0 aromatic carbocycles. The lowest BCUT2D eigenvalue weighted by atomic mass is 9.79. The number of nitrogens with zero attached hydrogens (tertiary/aromatic N) is 1. The van der Waals surface area contributed by atoms with Crippen LogP contribution in [-0.4, -0.2) is 48.3 Å². The van der Waals surface area contributed by atoms with Crippen molar-refractivity contribution in [3.05, 3.63) is 0 Å². The zero-order valence-corrected chi connectivity index (χ0v) is 12.8. The summed E-state index contributed by atoms with van der Waals surface area (Å²) >= 11 is 0. The topological polar surface area (TPSA) is 69.6 Å². The van der Waals surface area contributed by atoms with Crippen LogP contribution in [0.1, 0.15) is 32.6 Å². The Kier molecular flexibility index (Phi) is 6.49. The van der Waals surface area contributed by atoms with E-state index in [1.165, 1.54) is 18.9 Å². The first-order chi connectivity index (χ1) is 10.1. The second-order valence-electron chi connectivity index (χ2n) is 6.00. The number of carbonyl (C=O) groups excluding carboxylic acids is 1. The first-order valence-corrected chi connectivity index (χ1v) is 7.41. The fourth-order valence-electron chi connectivity index (χ4n) is 2.81. The van der Waals surface area contributed by atoms with Crippen molar-refractivity contribution in [2.45, 2.75) is 38.8 Å². The molecule has 1 aliphatic carbocycles. The molecule has 8 heteroatoms. The Morgan fingerprint density at radius 1 is 1.32 bits per heavy atom. The minimum Gasteiger partial charge on any atom is -0.481 e. The van der Waals surface area contributed by atoms with E-state index in [2.05, 4.69) is 5.32 Å². The van der Waals surface area contributed by atoms with Crippen LogP contribution < -0.4 is 5.32 Å². The Balaban J connectivity index is 2.49. The smallest absolute Gasteiger partial charge is 0.392 e. The van der Waals surface area contributed by atoms with Crippen molar-refractivity contribution in [1.82, 2.24) is 10.2 Å². The molecular weight excluding hydrogens is 301 g/mol. The molecular formula is C14H23F3N2O3. The molecule has 0 aromatic rings. The fraction of sp³-hybridized carbons (Fsp3) is 0.857. The number of aliphatic carboxylic acids is 1. The minimum absolute atomic E-state index is 0.00847. The van der Waals surface area contributed by atoms with Crippen molar-refractivity contribution < 1.29 is 27.9 Å². The van der Waals surface area contributed by atoms with Gasteiger partial charge in [-0.2, -0.15) is 13.2 Å². The fourth-order valence-corrected chi connectivity index (χ4v) is 2.81. The van der Waals surface area contributed by atoms with Gasteiger partial charge < -0.3 is 15.3 Å². The Hall–Kier alpha value is -1.47. The molecule has 2 N–H and O–H groups in total. The summed E-state index contributed by atoms with van der Waals surface area (Å²) in [6.45, 7) is 1.44. The second-order valence-corrected chi connectivity index (χ2v) is 6.00. The number of carboxylic acid groups (broad SMARTS) is 1. The van der Waals surface area contributed by atoms with Gasteiger partial charge in [0.2, 0.25) is 0 Å². The van der Waals surface area contributed by atoms with Crippen molar-refractivity contribution in [2.75, 3.05) is 20.1 Å². The summed E-state index contributed by atoms with van der Waals surface area (Å²) in [6, 6.07) is -0.542. The van der Waals surface area contributed by atoms with Crippen LogP contribution in [0.2, 0.25) is 0 Å². The lowest BCUT2D eigenvalue weighted by Gasteiger charge is -2.33. The lowest BCUT2D eigenvalue weighted by molar-refractivity contribution is -0.195. The van der Waals surface area contributed by atoms with Crippen LogP contribution in [0.25, 0.3) is 0 Å². The number of hydrogen-bond acceptors (Lipinski definition) is 2. The Morgan fingerprint density at radius 3 is 2.45 bits per heavy atom. The average Bonchev–Trinajstić information content (AvgIpc) is 2.43. The molecule has 3 atom stereocenters. The van der Waals surface area contributed by atoms with E-state index in [-0.39, 0.29) is 19.5 Å². The highest BCUT2D eigenvalue weighted by Crippen LogP contribution is 2.41. The van der Waals surface area contributed by atoms with Gasteiger partial charge >= 0.3 is 18.2 Å². The van der Waals surface area contributed by atoms with Gasteiger partial charge in [-0.3, -0.25) is 4.79 Å². The van der Waals surface area contributed by atoms with Crippen LogP contribution in [0, 0.1) is 17.8 Å². The molecule has 3 unspecified atom stereocenters. The van der Waals surface area contributed by atoms with E-state index >= 15 is 0 Å². The van der Waals surface area contributed by atoms with E-state index in [4.69, 9.17) is 5.11 Å². The van der Waals surface area contributed by atoms with Gasteiger partial charge in [-0.05, 0) is 18.8 Å². The van der Waals surface area contributed by atoms with Crippen LogP contribution in [0.5, 0.6) is 0 Å². The molecule has 0 heterocycles. The highest BCUT2D eigenvalue weighted by Gasteiger charge is 2.45. The van der Waals surface area contributed by atoms with Crippen LogP contribution in [0.4, 0.5) is 18.0 Å². The summed E-state index contributed by atoms with van der Waals surface area (Å²) in [6.07, 6.45) is -2.39. The van der Waals surface area contributed by atoms with Gasteiger partial charge in [0.15, 0.2) is 0 Å². The molecule has 0 saturated heterocycles. The van der Waals surface area contributed by atoms with E-state index in [1.54, 1.807) is 0 Å². The molecule has 0 radical (unpaired) electrons. The van der Waals surface area contributed by atoms with Gasteiger partial charge in [0.25, 0.3) is 0 Å². The number of rotatable bonds is 5. The lowest BCUT2D eigenvalue weighted by Crippen LogP contribution is -2.45. The summed E-state index contributed by atoms with van der Waals surface area (Å²) in [5.41, 5.74) is 0. The van der Waals surface area contributed by atoms with E-state index in [0.717, 1.165) is 6.42 Å². The predicted molar refractivity (Wildman–Crippen MR) is 74.3 cm³/mol. The number of halogens is 3. The maximum atomic E-state index is 12.9. The minimum atomic E-state index is -4.24. The molecule has 2 amide bonds. The maximum Gasteiger partial charge on any atom is 0.392 e. The monoisotopic (exact) mass is 324 g/mol. The summed E-state index contributed by atoms with van der Waals surface area (Å²) in [5, 5.41) is 11.3. The Labute approximate surface area is 127 Å². The van der Waals surface area contributed by atoms with Crippen molar-refractivity contribution >= 4 is 12.0 Å². The van der Waals surface area contributed by atoms with Crippen molar-refractivity contribution in [3.63, 3.8) is 0 Å². The van der Waals surface area contributed by atoms with E-state index in [1.807, 2.05) is 0 Å². The predicted octanol–water partition coefficient (Wildman–Crippen LogP) is 2.72. The molecule has 22 heavy (non-hydrogen) atoms. The number of carboxylic acids is 1. The van der Waals surface area contributed by atoms with Crippen LogP contribution >= 0.6 is 0 Å². The maximum absolute atomic E-state index is 12.9. The summed E-state index contributed by atoms with van der Waals surface area (Å²) < 4.78 is 38.8. The van der Waals surface area contributed by atoms with Gasteiger partial charge in [0.1, 0.15) is 0 Å². The quantitative estimate of drug-likeness (QED) is 0.817. The summed E-state index contributed by atoms with van der Waals surface area (Å²) in [7, 11) is 1.43. The Morgan fingerprint density at radius 2 is 1.91 bits per heavy atom. The van der Waals surface area contributed by atoms with Gasteiger partial charge in [-0.25, -0.2) is 4.79 Å². The van der Waals surface area contributed by atoms with Crippen molar-refractivity contribution in [1.29, 1.82) is 0 Å². The second kappa shape index (κ2) is 7.69. The molecule has 0 aliphatic heterocycles. The standard InChI is InChI=1S/C14H23F3N2O3/c1-9(12(20)21)8-19(2)13(22)18-7-10-5-3-4-6-11(10)14(15,16)17/h9-11H,3-8H2,1-2H3,(H,18,22)(H,20,21). The molecule has 0 bridgehead atoms. The number of alkyl halides is 3. The highest BCUT2D eigenvalue weighted by molar-refractivity contribution is 5.75. The molecule has 0 spiro atoms. The molecule has 1 rings (SSSR count). The largest absolute Gasteiger partial charge is 0.481 e. The van der Waals surface area contributed by atoms with Gasteiger partial charge in [0, 0.05) is 20.1 Å². The number of carbonyl (C=O) groups is 2. The van der Waals surface area contributed by atoms with Gasteiger partial charge in [-0.1, -0.05) is 19.8 Å². The number of nitrogens with one attached hydrogen (secondary N) is 1. The van der Waals surface area contributed by atoms with Crippen LogP contribution in [0.15, 0.2) is 0 Å². The number of amides is 2. The van der Waals surface area contributed by atoms with Crippen molar-refractivity contribution in [2.24, 2.45) is 17.8 Å². The molecule has 5 nitrogen and oxygen atoms in total. The average molecular weight is 324 g/mol. The Bertz CT molecular complexity index is 401. The third kappa shape index (κ3) is 5.38. The highest BCUT2D eigenvalue weighted by atomic mass is 19.4. The van der Waals surface area contributed by atoms with Crippen LogP contribution in [0.3, 0.4) is 0 Å². The van der Waals surface area contributed by atoms with Crippen LogP contribution in [-0.2, 0) is 4.79 Å². The van der Waals surface area contributed by atoms with E-state index in [0.29, 0.717) is 12.8 Å². The zero-order chi connectivity index (χ0) is 16.9. The van der Waals surface area contributed by atoms with Gasteiger partial charge in [-0.15, -0.1) is 0 Å². The van der Waals surface area contributed by atoms with Gasteiger partial charge in [0.05, 0.1) is 11.8 Å². The third-order valence-corrected chi connectivity index (χ3v) is 4.16. The third-order valence-electron chi connectivity index (χ3n) is 4.16. The molecule has 1 fully saturated rings. The van der Waals surface area contributed by atoms with E-state index in [9.17, 15) is 22.8 Å². The zero-order valence-electron chi connectivity index (χ0n) is 12.8. The SMILES string of the molecule is CC(CN(C)C(=O)NCC1CCCCC1C(F)(F)F)C(=O)O. The molecule has 128 valence electrons. The first-order valence-electron chi connectivity index (χ1n) is 7.41. The number of urea groups is 1. The molecule has 1 aliphatic rings. The first kappa shape index (κ1) is 18.6.